The number of nitriles is 1. The van der Waals surface area contributed by atoms with Crippen molar-refractivity contribution in [3.05, 3.63) is 57.6 Å². The number of benzene rings is 2. The van der Waals surface area contributed by atoms with Gasteiger partial charge in [-0.25, -0.2) is 0 Å². The van der Waals surface area contributed by atoms with E-state index in [2.05, 4.69) is 22.0 Å². The molecule has 0 radical (unpaired) electrons. The number of nitrogens with zero attached hydrogens (tertiary/aromatic N) is 1. The molecule has 0 N–H and O–H groups in total. The summed E-state index contributed by atoms with van der Waals surface area (Å²) in [5.74, 6) is 1.36. The molecule has 0 aliphatic rings. The van der Waals surface area contributed by atoms with Gasteiger partial charge in [0.15, 0.2) is 0 Å². The topological polar surface area (TPSA) is 33.0 Å². The van der Waals surface area contributed by atoms with E-state index < -0.39 is 0 Å². The van der Waals surface area contributed by atoms with Crippen LogP contribution < -0.4 is 4.74 Å². The van der Waals surface area contributed by atoms with Crippen molar-refractivity contribution in [2.24, 2.45) is 0 Å². The normalized spacial score (nSPS) is 9.89. The van der Waals surface area contributed by atoms with Gasteiger partial charge in [-0.2, -0.15) is 5.26 Å². The molecule has 0 unspecified atom stereocenters. The van der Waals surface area contributed by atoms with Gasteiger partial charge in [0.1, 0.15) is 17.6 Å². The van der Waals surface area contributed by atoms with Crippen LogP contribution in [0.3, 0.4) is 0 Å². The van der Waals surface area contributed by atoms with Crippen molar-refractivity contribution in [2.45, 2.75) is 13.8 Å². The van der Waals surface area contributed by atoms with Crippen molar-refractivity contribution in [2.75, 3.05) is 0 Å². The highest BCUT2D eigenvalue weighted by atomic mass is 79.9. The number of hydrogen-bond acceptors (Lipinski definition) is 2. The van der Waals surface area contributed by atoms with Crippen LogP contribution in [0, 0.1) is 25.2 Å². The second kappa shape index (κ2) is 5.24. The Morgan fingerprint density at radius 2 is 1.89 bits per heavy atom. The Bertz CT molecular complexity index is 629. The smallest absolute Gasteiger partial charge is 0.145 e. The maximum Gasteiger partial charge on any atom is 0.145 e. The second-order valence-electron chi connectivity index (χ2n) is 4.05. The standard InChI is InChI=1S/C15H12BrNO/c1-10-4-3-5-14(11(10)2)18-15-7-6-13(16)8-12(15)9-17/h3-8H,1-2H3. The lowest BCUT2D eigenvalue weighted by molar-refractivity contribution is 0.476. The van der Waals surface area contributed by atoms with Gasteiger partial charge in [0.25, 0.3) is 0 Å². The molecule has 2 aromatic rings. The predicted octanol–water partition coefficient (Wildman–Crippen LogP) is 4.73. The average Bonchev–Trinajstić information content (AvgIpc) is 2.37. The molecule has 0 aromatic heterocycles. The Morgan fingerprint density at radius 3 is 2.61 bits per heavy atom. The van der Waals surface area contributed by atoms with Crippen LogP contribution in [0.4, 0.5) is 0 Å². The van der Waals surface area contributed by atoms with Gasteiger partial charge in [0.05, 0.1) is 5.56 Å². The van der Waals surface area contributed by atoms with Crippen LogP contribution in [0.15, 0.2) is 40.9 Å². The number of hydrogen-bond donors (Lipinski definition) is 0. The van der Waals surface area contributed by atoms with Gasteiger partial charge in [0, 0.05) is 4.47 Å². The molecule has 0 saturated carbocycles. The summed E-state index contributed by atoms with van der Waals surface area (Å²) < 4.78 is 6.69. The fraction of sp³-hybridized carbons (Fsp3) is 0.133. The summed E-state index contributed by atoms with van der Waals surface area (Å²) in [4.78, 5) is 0. The van der Waals surface area contributed by atoms with E-state index in [-0.39, 0.29) is 0 Å². The van der Waals surface area contributed by atoms with Gasteiger partial charge < -0.3 is 4.74 Å². The maximum atomic E-state index is 9.09. The summed E-state index contributed by atoms with van der Waals surface area (Å²) in [5, 5.41) is 9.09. The largest absolute Gasteiger partial charge is 0.456 e. The SMILES string of the molecule is Cc1cccc(Oc2ccc(Br)cc2C#N)c1C. The van der Waals surface area contributed by atoms with Gasteiger partial charge in [-0.1, -0.05) is 28.1 Å². The Hall–Kier alpha value is -1.79. The minimum atomic E-state index is 0.519. The van der Waals surface area contributed by atoms with Crippen molar-refractivity contribution in [3.63, 3.8) is 0 Å². The molecule has 0 bridgehead atoms. The summed E-state index contributed by atoms with van der Waals surface area (Å²) in [7, 11) is 0. The summed E-state index contributed by atoms with van der Waals surface area (Å²) in [6.07, 6.45) is 0. The van der Waals surface area contributed by atoms with E-state index in [9.17, 15) is 0 Å². The van der Waals surface area contributed by atoms with E-state index in [1.807, 2.05) is 38.1 Å². The molecule has 3 heteroatoms. The molecule has 2 rings (SSSR count). The van der Waals surface area contributed by atoms with E-state index >= 15 is 0 Å². The summed E-state index contributed by atoms with van der Waals surface area (Å²) in [6, 6.07) is 13.4. The first-order chi connectivity index (χ1) is 8.61. The second-order valence-corrected chi connectivity index (χ2v) is 4.97. The number of rotatable bonds is 2. The predicted molar refractivity (Wildman–Crippen MR) is 74.8 cm³/mol. The molecule has 90 valence electrons. The third kappa shape index (κ3) is 2.55. The van der Waals surface area contributed by atoms with E-state index in [0.717, 1.165) is 15.8 Å². The lowest BCUT2D eigenvalue weighted by Crippen LogP contribution is -1.92. The van der Waals surface area contributed by atoms with Crippen LogP contribution >= 0.6 is 15.9 Å². The Labute approximate surface area is 115 Å². The van der Waals surface area contributed by atoms with Crippen molar-refractivity contribution >= 4 is 15.9 Å². The van der Waals surface area contributed by atoms with Crippen LogP contribution in [0.5, 0.6) is 11.5 Å². The zero-order valence-corrected chi connectivity index (χ0v) is 11.8. The van der Waals surface area contributed by atoms with Crippen molar-refractivity contribution in [3.8, 4) is 17.6 Å². The minimum Gasteiger partial charge on any atom is -0.456 e. The first-order valence-corrected chi connectivity index (χ1v) is 6.35. The highest BCUT2D eigenvalue weighted by Crippen LogP contribution is 2.30. The lowest BCUT2D eigenvalue weighted by Gasteiger charge is -2.11. The molecule has 0 saturated heterocycles. The first kappa shape index (κ1) is 12.7. The fourth-order valence-corrected chi connectivity index (χ4v) is 1.99. The lowest BCUT2D eigenvalue weighted by atomic mass is 10.1. The average molecular weight is 302 g/mol. The van der Waals surface area contributed by atoms with E-state index in [0.29, 0.717) is 11.3 Å². The Morgan fingerprint density at radius 1 is 1.11 bits per heavy atom. The van der Waals surface area contributed by atoms with Crippen molar-refractivity contribution in [1.29, 1.82) is 5.26 Å². The monoisotopic (exact) mass is 301 g/mol. The first-order valence-electron chi connectivity index (χ1n) is 5.55. The quantitative estimate of drug-likeness (QED) is 0.803. The van der Waals surface area contributed by atoms with Gasteiger partial charge in [-0.3, -0.25) is 0 Å². The zero-order valence-electron chi connectivity index (χ0n) is 10.2. The molecule has 0 spiro atoms. The minimum absolute atomic E-state index is 0.519. The molecule has 0 aliphatic carbocycles. The van der Waals surface area contributed by atoms with Gasteiger partial charge in [0.2, 0.25) is 0 Å². The van der Waals surface area contributed by atoms with Gasteiger partial charge in [-0.15, -0.1) is 0 Å². The van der Waals surface area contributed by atoms with Crippen LogP contribution in [-0.4, -0.2) is 0 Å². The van der Waals surface area contributed by atoms with Crippen LogP contribution in [0.2, 0.25) is 0 Å². The summed E-state index contributed by atoms with van der Waals surface area (Å²) in [6.45, 7) is 4.05. The third-order valence-electron chi connectivity index (χ3n) is 2.84. The molecule has 0 aliphatic heterocycles. The number of ether oxygens (including phenoxy) is 1. The van der Waals surface area contributed by atoms with Crippen LogP contribution in [-0.2, 0) is 0 Å². The molecular weight excluding hydrogens is 290 g/mol. The molecular formula is C15H12BrNO. The molecule has 0 atom stereocenters. The number of halogens is 1. The van der Waals surface area contributed by atoms with E-state index in [4.69, 9.17) is 10.00 Å². The van der Waals surface area contributed by atoms with Crippen molar-refractivity contribution < 1.29 is 4.74 Å². The van der Waals surface area contributed by atoms with Gasteiger partial charge in [-0.05, 0) is 49.2 Å². The van der Waals surface area contributed by atoms with Crippen LogP contribution in [0.1, 0.15) is 16.7 Å². The van der Waals surface area contributed by atoms with Gasteiger partial charge >= 0.3 is 0 Å². The third-order valence-corrected chi connectivity index (χ3v) is 3.33. The highest BCUT2D eigenvalue weighted by Gasteiger charge is 2.08. The zero-order chi connectivity index (χ0) is 13.1. The number of aryl methyl sites for hydroxylation is 1. The fourth-order valence-electron chi connectivity index (χ4n) is 1.63. The molecule has 18 heavy (non-hydrogen) atoms. The van der Waals surface area contributed by atoms with Crippen LogP contribution in [0.25, 0.3) is 0 Å². The molecule has 0 amide bonds. The summed E-state index contributed by atoms with van der Waals surface area (Å²) >= 11 is 3.34. The van der Waals surface area contributed by atoms with E-state index in [1.165, 1.54) is 5.56 Å². The Kier molecular flexibility index (Phi) is 3.69. The maximum absolute atomic E-state index is 9.09. The summed E-state index contributed by atoms with van der Waals surface area (Å²) in [5.41, 5.74) is 2.78. The molecule has 0 fully saturated rings. The van der Waals surface area contributed by atoms with E-state index in [1.54, 1.807) is 12.1 Å². The molecule has 0 heterocycles. The molecule has 2 aromatic carbocycles. The molecule has 2 nitrogen and oxygen atoms in total. The Balaban J connectivity index is 2.41. The van der Waals surface area contributed by atoms with Crippen molar-refractivity contribution in [1.82, 2.24) is 0 Å². The highest BCUT2D eigenvalue weighted by molar-refractivity contribution is 9.10.